The minimum atomic E-state index is -3.59. The van der Waals surface area contributed by atoms with Crippen LogP contribution in [0.5, 0.6) is 0 Å². The van der Waals surface area contributed by atoms with Crippen LogP contribution in [0.25, 0.3) is 10.2 Å². The number of thiazole rings is 1. The number of amides is 1. The Balaban J connectivity index is 1.68. The smallest absolute Gasteiger partial charge is 0.279 e. The van der Waals surface area contributed by atoms with Gasteiger partial charge in [0, 0.05) is 37.9 Å². The lowest BCUT2D eigenvalue weighted by molar-refractivity contribution is 0.0996. The summed E-state index contributed by atoms with van der Waals surface area (Å²) < 4.78 is 62.1. The number of carbonyl (C=O) groups is 1. The molecule has 0 N–H and O–H groups in total. The van der Waals surface area contributed by atoms with Gasteiger partial charge >= 0.3 is 0 Å². The fourth-order valence-corrected chi connectivity index (χ4v) is 6.33. The van der Waals surface area contributed by atoms with E-state index < -0.39 is 27.6 Å². The van der Waals surface area contributed by atoms with Crippen molar-refractivity contribution in [1.82, 2.24) is 8.87 Å². The second kappa shape index (κ2) is 9.80. The Bertz CT molecular complexity index is 1340. The van der Waals surface area contributed by atoms with Gasteiger partial charge < -0.3 is 9.30 Å². The number of halogens is 2. The first-order chi connectivity index (χ1) is 15.8. The largest absolute Gasteiger partial charge is 0.380 e. The molecule has 1 amide bonds. The maximum Gasteiger partial charge on any atom is 0.279 e. The molecule has 1 aliphatic rings. The van der Waals surface area contributed by atoms with Gasteiger partial charge in [-0.05, 0) is 50.1 Å². The summed E-state index contributed by atoms with van der Waals surface area (Å²) in [5, 5.41) is 0. The number of benzene rings is 2. The van der Waals surface area contributed by atoms with Gasteiger partial charge in [0.25, 0.3) is 5.91 Å². The number of hydrogen-bond donors (Lipinski definition) is 0. The van der Waals surface area contributed by atoms with E-state index in [0.717, 1.165) is 30.2 Å². The van der Waals surface area contributed by atoms with Crippen LogP contribution in [0.1, 0.15) is 30.1 Å². The number of fused-ring (bicyclic) bond motifs is 1. The molecular weight excluding hydrogens is 472 g/mol. The van der Waals surface area contributed by atoms with E-state index in [1.807, 2.05) is 6.92 Å². The van der Waals surface area contributed by atoms with Crippen LogP contribution in [-0.4, -0.2) is 49.5 Å². The fraction of sp³-hybridized carbons (Fsp3) is 0.364. The molecule has 2 heterocycles. The summed E-state index contributed by atoms with van der Waals surface area (Å²) in [6.07, 6.45) is 1.66. The number of rotatable bonds is 7. The summed E-state index contributed by atoms with van der Waals surface area (Å²) in [5.74, 6) is -2.08. The monoisotopic (exact) mass is 495 g/mol. The fourth-order valence-electron chi connectivity index (χ4n) is 3.72. The molecule has 0 atom stereocenters. The van der Waals surface area contributed by atoms with Crippen LogP contribution in [0.15, 0.2) is 46.3 Å². The Morgan fingerprint density at radius 2 is 1.85 bits per heavy atom. The lowest BCUT2D eigenvalue weighted by Gasteiger charge is -2.15. The van der Waals surface area contributed by atoms with E-state index in [1.54, 1.807) is 0 Å². The van der Waals surface area contributed by atoms with E-state index in [2.05, 4.69) is 4.99 Å². The molecule has 0 spiro atoms. The summed E-state index contributed by atoms with van der Waals surface area (Å²) in [5.41, 5.74) is 0.343. The molecule has 2 aromatic carbocycles. The second-order valence-electron chi connectivity index (χ2n) is 7.52. The predicted molar refractivity (Wildman–Crippen MR) is 121 cm³/mol. The van der Waals surface area contributed by atoms with Gasteiger partial charge in [-0.2, -0.15) is 9.30 Å². The lowest BCUT2D eigenvalue weighted by Crippen LogP contribution is -2.27. The average Bonchev–Trinajstić information content (AvgIpc) is 3.43. The lowest BCUT2D eigenvalue weighted by atomic mass is 10.2. The highest BCUT2D eigenvalue weighted by Gasteiger charge is 2.27. The van der Waals surface area contributed by atoms with Crippen LogP contribution in [0.4, 0.5) is 8.78 Å². The molecule has 0 aliphatic carbocycles. The van der Waals surface area contributed by atoms with Gasteiger partial charge in [-0.1, -0.05) is 11.3 Å². The Morgan fingerprint density at radius 1 is 1.15 bits per heavy atom. The first kappa shape index (κ1) is 23.7. The summed E-state index contributed by atoms with van der Waals surface area (Å²) in [4.78, 5) is 17.3. The molecule has 11 heteroatoms. The van der Waals surface area contributed by atoms with Crippen LogP contribution in [-0.2, 0) is 21.3 Å². The summed E-state index contributed by atoms with van der Waals surface area (Å²) in [6, 6.07) is 7.58. The normalized spacial score (nSPS) is 15.5. The molecular formula is C22H23F2N3O4S2. The van der Waals surface area contributed by atoms with Crippen LogP contribution in [0.3, 0.4) is 0 Å². The van der Waals surface area contributed by atoms with Crippen molar-refractivity contribution in [3.8, 4) is 0 Å². The van der Waals surface area contributed by atoms with Gasteiger partial charge in [0.1, 0.15) is 5.82 Å². The van der Waals surface area contributed by atoms with Gasteiger partial charge in [-0.3, -0.25) is 4.79 Å². The van der Waals surface area contributed by atoms with Crippen LogP contribution >= 0.6 is 11.3 Å². The van der Waals surface area contributed by atoms with Crippen molar-refractivity contribution in [2.75, 3.05) is 26.3 Å². The van der Waals surface area contributed by atoms with Gasteiger partial charge in [-0.15, -0.1) is 0 Å². The molecule has 0 bridgehead atoms. The minimum absolute atomic E-state index is 0.118. The number of carbonyl (C=O) groups excluding carboxylic acids is 1. The molecule has 1 aliphatic heterocycles. The minimum Gasteiger partial charge on any atom is -0.380 e. The van der Waals surface area contributed by atoms with E-state index in [-0.39, 0.29) is 33.9 Å². The molecule has 176 valence electrons. The SMILES string of the molecule is CCOCCn1c(=NC(=O)c2ccc(S(=O)(=O)N3CCCC3)cc2)sc2cc(F)cc(F)c21. The second-order valence-corrected chi connectivity index (χ2v) is 10.5. The molecule has 33 heavy (non-hydrogen) atoms. The molecule has 0 radical (unpaired) electrons. The van der Waals surface area contributed by atoms with E-state index in [0.29, 0.717) is 24.4 Å². The number of sulfonamides is 1. The maximum atomic E-state index is 14.5. The van der Waals surface area contributed by atoms with Crippen molar-refractivity contribution >= 4 is 37.5 Å². The molecule has 0 saturated carbocycles. The van der Waals surface area contributed by atoms with E-state index in [9.17, 15) is 22.0 Å². The summed E-state index contributed by atoms with van der Waals surface area (Å²) in [7, 11) is -3.59. The highest BCUT2D eigenvalue weighted by molar-refractivity contribution is 7.89. The van der Waals surface area contributed by atoms with Gasteiger partial charge in [0.2, 0.25) is 10.0 Å². The zero-order valence-corrected chi connectivity index (χ0v) is 19.6. The van der Waals surface area contributed by atoms with Gasteiger partial charge in [-0.25, -0.2) is 17.2 Å². The Kier molecular flexibility index (Phi) is 7.03. The molecule has 7 nitrogen and oxygen atoms in total. The third-order valence-electron chi connectivity index (χ3n) is 5.36. The average molecular weight is 496 g/mol. The van der Waals surface area contributed by atoms with E-state index in [4.69, 9.17) is 4.74 Å². The molecule has 1 saturated heterocycles. The predicted octanol–water partition coefficient (Wildman–Crippen LogP) is 3.54. The Labute approximate surface area is 194 Å². The molecule has 0 unspecified atom stereocenters. The van der Waals surface area contributed by atoms with Crippen LogP contribution in [0, 0.1) is 11.6 Å². The van der Waals surface area contributed by atoms with Crippen LogP contribution < -0.4 is 4.80 Å². The molecule has 3 aromatic rings. The van der Waals surface area contributed by atoms with Crippen molar-refractivity contribution in [3.05, 3.63) is 58.4 Å². The van der Waals surface area contributed by atoms with Crippen molar-refractivity contribution in [2.45, 2.75) is 31.2 Å². The molecule has 1 aromatic heterocycles. The quantitative estimate of drug-likeness (QED) is 0.470. The highest BCUT2D eigenvalue weighted by atomic mass is 32.2. The number of ether oxygens (including phenoxy) is 1. The van der Waals surface area contributed by atoms with E-state index >= 15 is 0 Å². The van der Waals surface area contributed by atoms with Crippen molar-refractivity contribution < 1.29 is 26.7 Å². The molecule has 4 rings (SSSR count). The number of aromatic nitrogens is 1. The standard InChI is InChI=1S/C22H23F2N3O4S2/c1-2-31-12-11-27-20-18(24)13-16(23)14-19(20)32-22(27)25-21(28)15-5-7-17(8-6-15)33(29,30)26-9-3-4-10-26/h5-8,13-14H,2-4,9-12H2,1H3. The zero-order valence-electron chi connectivity index (χ0n) is 18.0. The van der Waals surface area contributed by atoms with Crippen LogP contribution in [0.2, 0.25) is 0 Å². The first-order valence-electron chi connectivity index (χ1n) is 10.6. The van der Waals surface area contributed by atoms with Gasteiger partial charge in [0.05, 0.1) is 21.7 Å². The maximum absolute atomic E-state index is 14.5. The third-order valence-corrected chi connectivity index (χ3v) is 8.30. The van der Waals surface area contributed by atoms with Crippen molar-refractivity contribution in [2.24, 2.45) is 4.99 Å². The van der Waals surface area contributed by atoms with Crippen molar-refractivity contribution in [3.63, 3.8) is 0 Å². The topological polar surface area (TPSA) is 81.0 Å². The Hall–Kier alpha value is -2.47. The van der Waals surface area contributed by atoms with Gasteiger partial charge in [0.15, 0.2) is 10.6 Å². The number of nitrogens with zero attached hydrogens (tertiary/aromatic N) is 3. The Morgan fingerprint density at radius 3 is 2.52 bits per heavy atom. The first-order valence-corrected chi connectivity index (χ1v) is 12.8. The zero-order chi connectivity index (χ0) is 23.6. The summed E-state index contributed by atoms with van der Waals surface area (Å²) >= 11 is 0.995. The van der Waals surface area contributed by atoms with Crippen molar-refractivity contribution in [1.29, 1.82) is 0 Å². The highest BCUT2D eigenvalue weighted by Crippen LogP contribution is 2.23. The third kappa shape index (κ3) is 4.91. The number of hydrogen-bond acceptors (Lipinski definition) is 5. The van der Waals surface area contributed by atoms with E-state index in [1.165, 1.54) is 39.2 Å². The summed E-state index contributed by atoms with van der Waals surface area (Å²) in [6.45, 7) is 3.78. The molecule has 1 fully saturated rings.